The average Bonchev–Trinajstić information content (AvgIpc) is 2.70. The molecule has 1 heterocycles. The fourth-order valence-electron chi connectivity index (χ4n) is 2.86. The van der Waals surface area contributed by atoms with Gasteiger partial charge in [-0.05, 0) is 24.6 Å². The van der Waals surface area contributed by atoms with Crippen LogP contribution in [0.1, 0.15) is 22.4 Å². The molecule has 2 aromatic carbocycles. The molecular weight excluding hydrogens is 458 g/mol. The first kappa shape index (κ1) is 23.8. The van der Waals surface area contributed by atoms with E-state index in [1.54, 1.807) is 31.2 Å². The topological polar surface area (TPSA) is 90.1 Å². The van der Waals surface area contributed by atoms with Crippen LogP contribution < -0.4 is 10.9 Å². The molecule has 0 aliphatic rings. The van der Waals surface area contributed by atoms with Gasteiger partial charge in [-0.25, -0.2) is 4.98 Å². The molecule has 0 unspecified atom stereocenters. The zero-order valence-electron chi connectivity index (χ0n) is 16.7. The van der Waals surface area contributed by atoms with Gasteiger partial charge in [-0.15, -0.1) is 0 Å². The van der Waals surface area contributed by atoms with Crippen molar-refractivity contribution in [1.29, 1.82) is 0 Å². The molecule has 3 rings (SSSR count). The first-order valence-corrected chi connectivity index (χ1v) is 9.13. The van der Waals surface area contributed by atoms with E-state index in [-0.39, 0.29) is 18.7 Å². The van der Waals surface area contributed by atoms with E-state index in [2.05, 4.69) is 10.3 Å². The molecule has 1 aromatic heterocycles. The van der Waals surface area contributed by atoms with Crippen LogP contribution in [-0.2, 0) is 18.9 Å². The van der Waals surface area contributed by atoms with Gasteiger partial charge in [0.05, 0.1) is 17.0 Å². The number of aromatic nitrogens is 2. The van der Waals surface area contributed by atoms with Gasteiger partial charge in [0.1, 0.15) is 5.69 Å². The first-order chi connectivity index (χ1) is 15.3. The number of hydrogen-bond donors (Lipinski definition) is 1. The van der Waals surface area contributed by atoms with Crippen LogP contribution in [-0.4, -0.2) is 14.5 Å². The Morgan fingerprint density at radius 2 is 1.64 bits per heavy atom. The predicted octanol–water partition coefficient (Wildman–Crippen LogP) is 5.29. The predicted molar refractivity (Wildman–Crippen MR) is 105 cm³/mol. The second-order valence-electron chi connectivity index (χ2n) is 6.98. The molecule has 3 aromatic rings. The van der Waals surface area contributed by atoms with E-state index in [4.69, 9.17) is 0 Å². The molecule has 7 nitrogen and oxygen atoms in total. The number of nitrogens with one attached hydrogen (secondary N) is 1. The van der Waals surface area contributed by atoms with Crippen molar-refractivity contribution in [1.82, 2.24) is 9.55 Å². The maximum Gasteiger partial charge on any atom is 0.433 e. The molecule has 1 N–H and O–H groups in total. The second-order valence-corrected chi connectivity index (χ2v) is 6.98. The third-order valence-electron chi connectivity index (χ3n) is 4.53. The third kappa shape index (κ3) is 5.48. The highest BCUT2D eigenvalue weighted by molar-refractivity contribution is 5.67. The summed E-state index contributed by atoms with van der Waals surface area (Å²) in [5.41, 5.74) is -4.24. The SMILES string of the molecule is Cc1ccc(Cn2c(Nc3ccc(C(F)(F)F)cc3[N+](=O)[O-])nc(C(F)(F)F)cc2=O)cc1. The number of benzene rings is 2. The summed E-state index contributed by atoms with van der Waals surface area (Å²) in [6, 6.07) is 8.33. The Balaban J connectivity index is 2.14. The summed E-state index contributed by atoms with van der Waals surface area (Å²) in [6.45, 7) is 1.55. The standard InChI is InChI=1S/C20H14F6N4O3/c1-11-2-4-12(5-3-11)10-29-17(31)9-16(20(24,25)26)28-18(29)27-14-7-6-13(19(21,22)23)8-15(14)30(32)33/h2-9H,10H2,1H3,(H,27,28). The van der Waals surface area contributed by atoms with Crippen LogP contribution in [0.5, 0.6) is 0 Å². The van der Waals surface area contributed by atoms with Crippen molar-refractivity contribution >= 4 is 17.3 Å². The molecular formula is C20H14F6N4O3. The summed E-state index contributed by atoms with van der Waals surface area (Å²) in [6.07, 6.45) is -9.89. The highest BCUT2D eigenvalue weighted by atomic mass is 19.4. The van der Waals surface area contributed by atoms with E-state index in [9.17, 15) is 41.3 Å². The Morgan fingerprint density at radius 3 is 2.18 bits per heavy atom. The average molecular weight is 472 g/mol. The highest BCUT2D eigenvalue weighted by Crippen LogP contribution is 2.36. The number of alkyl halides is 6. The lowest BCUT2D eigenvalue weighted by Crippen LogP contribution is -2.27. The summed E-state index contributed by atoms with van der Waals surface area (Å²) >= 11 is 0. The molecule has 0 spiro atoms. The molecule has 13 heteroatoms. The maximum atomic E-state index is 13.2. The Labute approximate surface area is 181 Å². The number of aryl methyl sites for hydroxylation is 1. The number of rotatable bonds is 5. The molecule has 0 fully saturated rings. The fraction of sp³-hybridized carbons (Fsp3) is 0.200. The van der Waals surface area contributed by atoms with Gasteiger partial charge in [0, 0.05) is 12.1 Å². The molecule has 174 valence electrons. The Morgan fingerprint density at radius 1 is 1.00 bits per heavy atom. The van der Waals surface area contributed by atoms with Gasteiger partial charge in [-0.3, -0.25) is 19.5 Å². The van der Waals surface area contributed by atoms with Crippen LogP contribution in [0.4, 0.5) is 43.7 Å². The molecule has 0 bridgehead atoms. The largest absolute Gasteiger partial charge is 0.433 e. The van der Waals surface area contributed by atoms with E-state index >= 15 is 0 Å². The van der Waals surface area contributed by atoms with Gasteiger partial charge >= 0.3 is 12.4 Å². The fourth-order valence-corrected chi connectivity index (χ4v) is 2.86. The summed E-state index contributed by atoms with van der Waals surface area (Å²) in [4.78, 5) is 26.0. The number of nitrogens with zero attached hydrogens (tertiary/aromatic N) is 3. The molecule has 33 heavy (non-hydrogen) atoms. The van der Waals surface area contributed by atoms with Crippen molar-refractivity contribution in [3.05, 3.63) is 91.4 Å². The summed E-state index contributed by atoms with van der Waals surface area (Å²) in [7, 11) is 0. The second kappa shape index (κ2) is 8.56. The van der Waals surface area contributed by atoms with Gasteiger partial charge in [0.15, 0.2) is 5.69 Å². The van der Waals surface area contributed by atoms with Crippen molar-refractivity contribution < 1.29 is 31.3 Å². The monoisotopic (exact) mass is 472 g/mol. The number of anilines is 2. The van der Waals surface area contributed by atoms with Crippen molar-refractivity contribution in [2.75, 3.05) is 5.32 Å². The third-order valence-corrected chi connectivity index (χ3v) is 4.53. The number of nitro groups is 1. The minimum absolute atomic E-state index is 0.234. The van der Waals surface area contributed by atoms with Crippen LogP contribution in [0.25, 0.3) is 0 Å². The molecule has 0 saturated carbocycles. The lowest BCUT2D eigenvalue weighted by Gasteiger charge is -2.16. The van der Waals surface area contributed by atoms with E-state index < -0.39 is 51.4 Å². The van der Waals surface area contributed by atoms with Crippen molar-refractivity contribution in [3.8, 4) is 0 Å². The van der Waals surface area contributed by atoms with Crippen LogP contribution in [0, 0.1) is 17.0 Å². The van der Waals surface area contributed by atoms with Crippen LogP contribution in [0.2, 0.25) is 0 Å². The molecule has 0 aliphatic carbocycles. The highest BCUT2D eigenvalue weighted by Gasteiger charge is 2.35. The van der Waals surface area contributed by atoms with Gasteiger partial charge in [-0.1, -0.05) is 29.8 Å². The zero-order valence-corrected chi connectivity index (χ0v) is 16.7. The van der Waals surface area contributed by atoms with Crippen LogP contribution >= 0.6 is 0 Å². The van der Waals surface area contributed by atoms with E-state index in [0.29, 0.717) is 17.7 Å². The lowest BCUT2D eigenvalue weighted by molar-refractivity contribution is -0.384. The number of hydrogen-bond acceptors (Lipinski definition) is 5. The minimum Gasteiger partial charge on any atom is -0.320 e. The molecule has 0 atom stereocenters. The van der Waals surface area contributed by atoms with Crippen LogP contribution in [0.15, 0.2) is 53.3 Å². The Bertz CT molecular complexity index is 1250. The first-order valence-electron chi connectivity index (χ1n) is 9.13. The van der Waals surface area contributed by atoms with Crippen LogP contribution in [0.3, 0.4) is 0 Å². The summed E-state index contributed by atoms with van der Waals surface area (Å²) in [5.74, 6) is -0.724. The Kier molecular flexibility index (Phi) is 6.16. The van der Waals surface area contributed by atoms with Gasteiger partial charge in [0.25, 0.3) is 11.2 Å². The summed E-state index contributed by atoms with van der Waals surface area (Å²) in [5, 5.41) is 13.6. The molecule has 0 aliphatic heterocycles. The van der Waals surface area contributed by atoms with E-state index in [1.807, 2.05) is 0 Å². The molecule has 0 radical (unpaired) electrons. The zero-order chi connectivity index (χ0) is 24.6. The van der Waals surface area contributed by atoms with Crippen molar-refractivity contribution in [3.63, 3.8) is 0 Å². The van der Waals surface area contributed by atoms with E-state index in [1.165, 1.54) is 0 Å². The minimum atomic E-state index is -5.01. The van der Waals surface area contributed by atoms with Gasteiger partial charge < -0.3 is 5.32 Å². The Hall–Kier alpha value is -3.90. The van der Waals surface area contributed by atoms with Gasteiger partial charge in [-0.2, -0.15) is 26.3 Å². The van der Waals surface area contributed by atoms with E-state index in [0.717, 1.165) is 10.1 Å². The van der Waals surface area contributed by atoms with Crippen molar-refractivity contribution in [2.45, 2.75) is 25.8 Å². The normalized spacial score (nSPS) is 12.0. The lowest BCUT2D eigenvalue weighted by atomic mass is 10.1. The smallest absolute Gasteiger partial charge is 0.320 e. The van der Waals surface area contributed by atoms with Gasteiger partial charge in [0.2, 0.25) is 5.95 Å². The molecule has 0 amide bonds. The number of nitro benzene ring substituents is 1. The number of halogens is 6. The van der Waals surface area contributed by atoms with Crippen molar-refractivity contribution in [2.24, 2.45) is 0 Å². The quantitative estimate of drug-likeness (QED) is 0.310. The summed E-state index contributed by atoms with van der Waals surface area (Å²) < 4.78 is 79.2. The molecule has 0 saturated heterocycles. The maximum absolute atomic E-state index is 13.2.